The van der Waals surface area contributed by atoms with Crippen LogP contribution in [0.5, 0.6) is 0 Å². The molecule has 17 heavy (non-hydrogen) atoms. The highest BCUT2D eigenvalue weighted by Crippen LogP contribution is 2.40. The molecule has 1 N–H and O–H groups in total. The number of nitrogens with one attached hydrogen (secondary N) is 1. The second-order valence-corrected chi connectivity index (χ2v) is 5.60. The van der Waals surface area contributed by atoms with Gasteiger partial charge in [0.25, 0.3) is 0 Å². The van der Waals surface area contributed by atoms with Gasteiger partial charge in [-0.25, -0.2) is 4.39 Å². The molecule has 2 nitrogen and oxygen atoms in total. The van der Waals surface area contributed by atoms with Gasteiger partial charge in [-0.2, -0.15) is 0 Å². The maximum atomic E-state index is 13.1. The standard InChI is InChI=1S/C13H15BrFNO/c1-3-11-13(2,7-12(17)16-11)9-5-4-8(15)6-10(9)14/h4-6,11H,3,7H2,1-2H3,(H,16,17). The van der Waals surface area contributed by atoms with Gasteiger partial charge >= 0.3 is 0 Å². The van der Waals surface area contributed by atoms with Crippen LogP contribution in [-0.4, -0.2) is 11.9 Å². The van der Waals surface area contributed by atoms with Crippen molar-refractivity contribution >= 4 is 21.8 Å². The number of carbonyl (C=O) groups is 1. The van der Waals surface area contributed by atoms with E-state index in [1.54, 1.807) is 6.07 Å². The van der Waals surface area contributed by atoms with Crippen molar-refractivity contribution < 1.29 is 9.18 Å². The third-order valence-electron chi connectivity index (χ3n) is 3.59. The predicted molar refractivity (Wildman–Crippen MR) is 68.3 cm³/mol. The lowest BCUT2D eigenvalue weighted by Crippen LogP contribution is -2.38. The summed E-state index contributed by atoms with van der Waals surface area (Å²) in [5, 5.41) is 2.98. The Hall–Kier alpha value is -0.900. The maximum Gasteiger partial charge on any atom is 0.221 e. The van der Waals surface area contributed by atoms with E-state index in [1.165, 1.54) is 12.1 Å². The van der Waals surface area contributed by atoms with Crippen LogP contribution in [0, 0.1) is 5.82 Å². The van der Waals surface area contributed by atoms with Crippen molar-refractivity contribution in [2.45, 2.75) is 38.1 Å². The van der Waals surface area contributed by atoms with E-state index >= 15 is 0 Å². The molecule has 1 saturated heterocycles. The molecule has 1 aliphatic rings. The molecule has 1 heterocycles. The summed E-state index contributed by atoms with van der Waals surface area (Å²) in [6.45, 7) is 4.10. The summed E-state index contributed by atoms with van der Waals surface area (Å²) >= 11 is 3.39. The predicted octanol–water partition coefficient (Wildman–Crippen LogP) is 3.14. The van der Waals surface area contributed by atoms with E-state index in [4.69, 9.17) is 0 Å². The van der Waals surface area contributed by atoms with Crippen LogP contribution in [0.3, 0.4) is 0 Å². The third-order valence-corrected chi connectivity index (χ3v) is 4.24. The van der Waals surface area contributed by atoms with E-state index in [9.17, 15) is 9.18 Å². The Labute approximate surface area is 109 Å². The third kappa shape index (κ3) is 2.10. The quantitative estimate of drug-likeness (QED) is 0.893. The van der Waals surface area contributed by atoms with Crippen molar-refractivity contribution in [1.29, 1.82) is 0 Å². The largest absolute Gasteiger partial charge is 0.352 e. The molecule has 0 bridgehead atoms. The van der Waals surface area contributed by atoms with Crippen molar-refractivity contribution in [3.8, 4) is 0 Å². The molecular weight excluding hydrogens is 285 g/mol. The SMILES string of the molecule is CCC1NC(=O)CC1(C)c1ccc(F)cc1Br. The van der Waals surface area contributed by atoms with Gasteiger partial charge < -0.3 is 5.32 Å². The van der Waals surface area contributed by atoms with Crippen LogP contribution in [0.25, 0.3) is 0 Å². The minimum Gasteiger partial charge on any atom is -0.352 e. The number of rotatable bonds is 2. The molecule has 92 valence electrons. The summed E-state index contributed by atoms with van der Waals surface area (Å²) < 4.78 is 13.8. The van der Waals surface area contributed by atoms with Crippen molar-refractivity contribution in [2.24, 2.45) is 0 Å². The normalized spacial score (nSPS) is 28.2. The van der Waals surface area contributed by atoms with Gasteiger partial charge in [-0.3, -0.25) is 4.79 Å². The van der Waals surface area contributed by atoms with Gasteiger partial charge in [0.05, 0.1) is 0 Å². The zero-order valence-electron chi connectivity index (χ0n) is 9.89. The molecule has 0 spiro atoms. The molecule has 2 unspecified atom stereocenters. The second kappa shape index (κ2) is 4.41. The molecule has 4 heteroatoms. The lowest BCUT2D eigenvalue weighted by molar-refractivity contribution is -0.119. The molecule has 1 amide bonds. The summed E-state index contributed by atoms with van der Waals surface area (Å²) in [4.78, 5) is 11.6. The Kier molecular flexibility index (Phi) is 3.25. The first kappa shape index (κ1) is 12.6. The number of benzene rings is 1. The molecule has 0 aromatic heterocycles. The zero-order chi connectivity index (χ0) is 12.6. The first-order chi connectivity index (χ1) is 7.97. The fourth-order valence-corrected chi connectivity index (χ4v) is 3.45. The van der Waals surface area contributed by atoms with Crippen LogP contribution in [0.4, 0.5) is 4.39 Å². The van der Waals surface area contributed by atoms with Gasteiger partial charge in [-0.05, 0) is 24.1 Å². The molecule has 0 aliphatic carbocycles. The summed E-state index contributed by atoms with van der Waals surface area (Å²) in [7, 11) is 0. The Morgan fingerprint density at radius 3 is 2.88 bits per heavy atom. The zero-order valence-corrected chi connectivity index (χ0v) is 11.5. The van der Waals surface area contributed by atoms with Crippen LogP contribution >= 0.6 is 15.9 Å². The first-order valence-electron chi connectivity index (χ1n) is 5.72. The molecule has 2 rings (SSSR count). The van der Waals surface area contributed by atoms with Crippen LogP contribution in [0.1, 0.15) is 32.3 Å². The highest BCUT2D eigenvalue weighted by Gasteiger charge is 2.44. The molecular formula is C13H15BrFNO. The van der Waals surface area contributed by atoms with E-state index in [2.05, 4.69) is 28.2 Å². The van der Waals surface area contributed by atoms with E-state index < -0.39 is 0 Å². The molecule has 2 atom stereocenters. The Balaban J connectivity index is 2.46. The van der Waals surface area contributed by atoms with Crippen molar-refractivity contribution in [2.75, 3.05) is 0 Å². The monoisotopic (exact) mass is 299 g/mol. The second-order valence-electron chi connectivity index (χ2n) is 4.75. The van der Waals surface area contributed by atoms with Crippen molar-refractivity contribution in [1.82, 2.24) is 5.32 Å². The topological polar surface area (TPSA) is 29.1 Å². The molecule has 0 saturated carbocycles. The van der Waals surface area contributed by atoms with E-state index in [1.807, 2.05) is 6.92 Å². The molecule has 1 aliphatic heterocycles. The summed E-state index contributed by atoms with van der Waals surface area (Å²) in [5.74, 6) is -0.204. The van der Waals surface area contributed by atoms with Gasteiger partial charge in [0.2, 0.25) is 5.91 Å². The van der Waals surface area contributed by atoms with Crippen LogP contribution in [-0.2, 0) is 10.2 Å². The minimum atomic E-state index is -0.269. The Morgan fingerprint density at radius 1 is 1.59 bits per heavy atom. The minimum absolute atomic E-state index is 0.0653. The average molecular weight is 300 g/mol. The van der Waals surface area contributed by atoms with Gasteiger partial charge in [0.15, 0.2) is 0 Å². The van der Waals surface area contributed by atoms with Gasteiger partial charge in [0.1, 0.15) is 5.82 Å². The van der Waals surface area contributed by atoms with Crippen molar-refractivity contribution in [3.05, 3.63) is 34.1 Å². The smallest absolute Gasteiger partial charge is 0.221 e. The van der Waals surface area contributed by atoms with Crippen LogP contribution in [0.2, 0.25) is 0 Å². The Bertz CT molecular complexity index is 463. The summed E-state index contributed by atoms with van der Waals surface area (Å²) in [6, 6.07) is 4.77. The molecule has 0 radical (unpaired) electrons. The summed E-state index contributed by atoms with van der Waals surface area (Å²) in [6.07, 6.45) is 1.32. The van der Waals surface area contributed by atoms with Crippen LogP contribution < -0.4 is 5.32 Å². The molecule has 1 aromatic rings. The Morgan fingerprint density at radius 2 is 2.29 bits per heavy atom. The number of hydrogen-bond acceptors (Lipinski definition) is 1. The van der Waals surface area contributed by atoms with Gasteiger partial charge in [0, 0.05) is 22.4 Å². The van der Waals surface area contributed by atoms with E-state index in [-0.39, 0.29) is 23.2 Å². The fourth-order valence-electron chi connectivity index (χ4n) is 2.65. The highest BCUT2D eigenvalue weighted by atomic mass is 79.9. The number of halogens is 2. The average Bonchev–Trinajstić information content (AvgIpc) is 2.53. The van der Waals surface area contributed by atoms with E-state index in [0.29, 0.717) is 6.42 Å². The number of carbonyl (C=O) groups excluding carboxylic acids is 1. The maximum absolute atomic E-state index is 13.1. The first-order valence-corrected chi connectivity index (χ1v) is 6.51. The molecule has 1 fully saturated rings. The molecule has 1 aromatic carbocycles. The van der Waals surface area contributed by atoms with Crippen molar-refractivity contribution in [3.63, 3.8) is 0 Å². The fraction of sp³-hybridized carbons (Fsp3) is 0.462. The lowest BCUT2D eigenvalue weighted by atomic mass is 9.75. The van der Waals surface area contributed by atoms with Gasteiger partial charge in [-0.1, -0.05) is 35.8 Å². The number of hydrogen-bond donors (Lipinski definition) is 1. The van der Waals surface area contributed by atoms with Gasteiger partial charge in [-0.15, -0.1) is 0 Å². The van der Waals surface area contributed by atoms with E-state index in [0.717, 1.165) is 16.5 Å². The summed E-state index contributed by atoms with van der Waals surface area (Å²) in [5.41, 5.74) is 0.724. The van der Waals surface area contributed by atoms with Crippen LogP contribution in [0.15, 0.2) is 22.7 Å². The number of amides is 1. The lowest BCUT2D eigenvalue weighted by Gasteiger charge is -2.31. The highest BCUT2D eigenvalue weighted by molar-refractivity contribution is 9.10.